The van der Waals surface area contributed by atoms with E-state index in [0.717, 1.165) is 0 Å². The number of carboxylic acid groups (broad SMARTS) is 1. The van der Waals surface area contributed by atoms with Crippen LogP contribution in [0, 0.1) is 68.2 Å². The molecule has 0 radical (unpaired) electrons. The number of ether oxygens (including phenoxy) is 4. The molecule has 0 aromatic heterocycles. The van der Waals surface area contributed by atoms with Gasteiger partial charge in [-0.05, 0) is 159 Å². The van der Waals surface area contributed by atoms with Crippen LogP contribution >= 0.6 is 15.9 Å². The highest BCUT2D eigenvalue weighted by Gasteiger charge is 2.34. The van der Waals surface area contributed by atoms with E-state index in [1.54, 1.807) is 69.2 Å². The number of hydrogen-bond acceptors (Lipinski definition) is 10. The molecule has 0 bridgehead atoms. The molecule has 0 heterocycles. The van der Waals surface area contributed by atoms with Crippen LogP contribution in [-0.4, -0.2) is 46.5 Å². The smallest absolute Gasteiger partial charge is 0.347 e. The lowest BCUT2D eigenvalue weighted by molar-refractivity contribution is -0.137. The number of phenols is 1. The molecule has 0 spiro atoms. The van der Waals surface area contributed by atoms with Crippen LogP contribution in [0.1, 0.15) is 101 Å². The van der Waals surface area contributed by atoms with Crippen molar-refractivity contribution in [2.75, 3.05) is 6.61 Å². The minimum Gasteiger partial charge on any atom is -0.506 e. The molecule has 12 heteroatoms. The van der Waals surface area contributed by atoms with Crippen molar-refractivity contribution in [3.8, 4) is 23.0 Å². The third-order valence-electron chi connectivity index (χ3n) is 9.85. The highest BCUT2D eigenvalue weighted by molar-refractivity contribution is 9.10. The first-order valence-corrected chi connectivity index (χ1v) is 17.7. The van der Waals surface area contributed by atoms with Crippen LogP contribution in [0.15, 0.2) is 34.0 Å². The largest absolute Gasteiger partial charge is 0.506 e. The number of aryl methyl sites for hydroxylation is 1. The first-order valence-electron chi connectivity index (χ1n) is 16.9. The minimum atomic E-state index is -1.06. The molecular formula is C41H43BrO11. The number of ketones is 1. The molecule has 1 atom stereocenters. The summed E-state index contributed by atoms with van der Waals surface area (Å²) in [6.45, 7) is 18.8. The summed E-state index contributed by atoms with van der Waals surface area (Å²) in [5.41, 5.74) is 4.86. The summed E-state index contributed by atoms with van der Waals surface area (Å²) in [5.74, 6) is -4.56. The lowest BCUT2D eigenvalue weighted by Crippen LogP contribution is -2.28. The van der Waals surface area contributed by atoms with Crippen molar-refractivity contribution in [2.45, 2.75) is 82.6 Å². The lowest BCUT2D eigenvalue weighted by atomic mass is 9.92. The van der Waals surface area contributed by atoms with Crippen molar-refractivity contribution in [3.05, 3.63) is 101 Å². The summed E-state index contributed by atoms with van der Waals surface area (Å²) < 4.78 is 23.1. The Kier molecular flexibility index (Phi) is 12.1. The molecule has 0 saturated carbocycles. The van der Waals surface area contributed by atoms with Gasteiger partial charge in [0.2, 0.25) is 0 Å². The number of esters is 3. The fraction of sp³-hybridized carbons (Fsp3) is 0.341. The predicted octanol–water partition coefficient (Wildman–Crippen LogP) is 8.43. The number of aromatic carboxylic acids is 1. The Morgan fingerprint density at radius 3 is 1.79 bits per heavy atom. The molecule has 0 saturated heterocycles. The number of rotatable bonds is 10. The van der Waals surface area contributed by atoms with Gasteiger partial charge in [-0.15, -0.1) is 0 Å². The van der Waals surface area contributed by atoms with Crippen LogP contribution < -0.4 is 14.2 Å². The summed E-state index contributed by atoms with van der Waals surface area (Å²) in [6, 6.07) is 1.53. The van der Waals surface area contributed by atoms with Crippen molar-refractivity contribution in [1.29, 1.82) is 0 Å². The Hall–Kier alpha value is -5.23. The molecule has 3 aromatic carbocycles. The Morgan fingerprint density at radius 1 is 0.698 bits per heavy atom. The van der Waals surface area contributed by atoms with Gasteiger partial charge < -0.3 is 29.2 Å². The van der Waals surface area contributed by atoms with Gasteiger partial charge in [-0.2, -0.15) is 0 Å². The number of benzene rings is 3. The van der Waals surface area contributed by atoms with Gasteiger partial charge in [-0.3, -0.25) is 9.59 Å². The van der Waals surface area contributed by atoms with Crippen molar-refractivity contribution >= 4 is 45.6 Å². The molecule has 3 aromatic rings. The third-order valence-corrected chi connectivity index (χ3v) is 10.6. The topological polar surface area (TPSA) is 163 Å². The van der Waals surface area contributed by atoms with Crippen LogP contribution in [0.2, 0.25) is 0 Å². The first kappa shape index (κ1) is 40.5. The van der Waals surface area contributed by atoms with Crippen LogP contribution in [-0.2, 0) is 14.3 Å². The number of carbonyl (C=O) groups excluding carboxylic acids is 4. The number of carboxylic acids is 1. The Labute approximate surface area is 316 Å². The molecule has 0 amide bonds. The molecule has 2 N–H and O–H groups in total. The van der Waals surface area contributed by atoms with E-state index in [2.05, 4.69) is 15.9 Å². The first-order chi connectivity index (χ1) is 24.7. The monoisotopic (exact) mass is 790 g/mol. The highest BCUT2D eigenvalue weighted by atomic mass is 79.9. The highest BCUT2D eigenvalue weighted by Crippen LogP contribution is 2.44. The SMILES string of the molecule is CCCOC1=CC(=O)C=C(C)C1C(=O)Oc1c(C)c(C)c(C(=O)Oc2cc(C)c(C(=O)Oc3c(C)c(C)c(C(=O)O)c(C)c3C)c(C)c2C)c(O)c1Br. The molecule has 11 nitrogen and oxygen atoms in total. The fourth-order valence-electron chi connectivity index (χ4n) is 6.40. The Morgan fingerprint density at radius 2 is 1.23 bits per heavy atom. The van der Waals surface area contributed by atoms with Crippen LogP contribution in [0.25, 0.3) is 0 Å². The van der Waals surface area contributed by atoms with Crippen LogP contribution in [0.3, 0.4) is 0 Å². The van der Waals surface area contributed by atoms with Crippen molar-refractivity contribution in [3.63, 3.8) is 0 Å². The molecule has 280 valence electrons. The van der Waals surface area contributed by atoms with Crippen molar-refractivity contribution in [2.24, 2.45) is 5.92 Å². The number of phenolic OH excluding ortho intramolecular Hbond substituents is 1. The second-order valence-corrected chi connectivity index (χ2v) is 14.1. The quantitative estimate of drug-likeness (QED) is 0.150. The van der Waals surface area contributed by atoms with E-state index < -0.39 is 35.5 Å². The maximum absolute atomic E-state index is 13.7. The van der Waals surface area contributed by atoms with Crippen LogP contribution in [0.4, 0.5) is 0 Å². The maximum atomic E-state index is 13.7. The minimum absolute atomic E-state index is 0.0136. The predicted molar refractivity (Wildman–Crippen MR) is 200 cm³/mol. The molecule has 1 aliphatic rings. The summed E-state index contributed by atoms with van der Waals surface area (Å²) in [4.78, 5) is 64.8. The van der Waals surface area contributed by atoms with Gasteiger partial charge in [0.05, 0.1) is 17.7 Å². The zero-order valence-electron chi connectivity index (χ0n) is 31.7. The van der Waals surface area contributed by atoms with Gasteiger partial charge in [0.25, 0.3) is 0 Å². The van der Waals surface area contributed by atoms with E-state index in [1.807, 2.05) is 6.92 Å². The van der Waals surface area contributed by atoms with Gasteiger partial charge in [0, 0.05) is 6.08 Å². The second kappa shape index (κ2) is 15.8. The zero-order valence-corrected chi connectivity index (χ0v) is 33.3. The fourth-order valence-corrected chi connectivity index (χ4v) is 6.98. The normalized spacial score (nSPS) is 14.0. The number of hydrogen-bond donors (Lipinski definition) is 2. The van der Waals surface area contributed by atoms with Gasteiger partial charge in [-0.25, -0.2) is 14.4 Å². The van der Waals surface area contributed by atoms with Gasteiger partial charge >= 0.3 is 23.9 Å². The summed E-state index contributed by atoms with van der Waals surface area (Å²) >= 11 is 3.29. The summed E-state index contributed by atoms with van der Waals surface area (Å²) in [5, 5.41) is 21.0. The molecule has 4 rings (SSSR count). The number of aromatic hydroxyl groups is 1. The lowest BCUT2D eigenvalue weighted by Gasteiger charge is -2.24. The van der Waals surface area contributed by atoms with Crippen molar-refractivity contribution in [1.82, 2.24) is 0 Å². The zero-order chi connectivity index (χ0) is 39.8. The van der Waals surface area contributed by atoms with Gasteiger partial charge in [0.15, 0.2) is 11.5 Å². The molecule has 53 heavy (non-hydrogen) atoms. The third kappa shape index (κ3) is 7.64. The summed E-state index contributed by atoms with van der Waals surface area (Å²) in [6.07, 6.45) is 3.25. The van der Waals surface area contributed by atoms with E-state index in [4.69, 9.17) is 18.9 Å². The van der Waals surface area contributed by atoms with E-state index in [9.17, 15) is 34.2 Å². The van der Waals surface area contributed by atoms with E-state index in [-0.39, 0.29) is 50.0 Å². The average molecular weight is 792 g/mol. The average Bonchev–Trinajstić information content (AvgIpc) is 3.07. The van der Waals surface area contributed by atoms with Crippen LogP contribution in [0.5, 0.6) is 23.0 Å². The molecule has 0 fully saturated rings. The van der Waals surface area contributed by atoms with Gasteiger partial charge in [0.1, 0.15) is 39.0 Å². The molecule has 0 aliphatic heterocycles. The van der Waals surface area contributed by atoms with Gasteiger partial charge in [-0.1, -0.05) is 6.92 Å². The number of allylic oxidation sites excluding steroid dienone is 2. The molecular weight excluding hydrogens is 748 g/mol. The standard InChI is InChI=1S/C41H43BrO11/c1-12-13-50-29-16-27(43)14-17(2)31(29)40(48)53-37-26(11)23(8)33(35(44)34(37)42)41(49)51-28-15-18(3)30(20(5)19(28)4)39(47)52-36-24(9)21(6)32(38(45)46)22(7)25(36)10/h14-16,31,44H,12-13H2,1-11H3,(H,45,46). The Bertz CT molecular complexity index is 2110. The Balaban J connectivity index is 1.64. The number of carbonyl (C=O) groups is 5. The maximum Gasteiger partial charge on any atom is 0.347 e. The molecule has 1 aliphatic carbocycles. The summed E-state index contributed by atoms with van der Waals surface area (Å²) in [7, 11) is 0. The van der Waals surface area contributed by atoms with Crippen molar-refractivity contribution < 1.29 is 53.1 Å². The van der Waals surface area contributed by atoms with E-state index in [0.29, 0.717) is 68.7 Å². The molecule has 1 unspecified atom stereocenters. The number of halogens is 1. The van der Waals surface area contributed by atoms with E-state index in [1.165, 1.54) is 18.2 Å². The second-order valence-electron chi connectivity index (χ2n) is 13.3. The van der Waals surface area contributed by atoms with E-state index >= 15 is 0 Å².